The standard InChI is InChI=1S/C60H40N2/c1-2-15-41(16-3-1)52-26-13-18-43-19-14-27-56(60(43)52)55-25-8-9-28-57(55)61(47-34-36-48(37-35-47)62-58-29-10-6-23-53(58)54-24-7-11-30-59(54)62)49-21-12-20-44(40-49)45-33-38-51-46(39-45)32-31-42-17-4-5-22-50(42)51/h1-40H. The van der Waals surface area contributed by atoms with Gasteiger partial charge in [0.1, 0.15) is 0 Å². The predicted molar refractivity (Wildman–Crippen MR) is 264 cm³/mol. The third kappa shape index (κ3) is 5.96. The van der Waals surface area contributed by atoms with Crippen LogP contribution in [0.4, 0.5) is 17.1 Å². The molecule has 0 spiro atoms. The van der Waals surface area contributed by atoms with E-state index in [1.807, 2.05) is 0 Å². The van der Waals surface area contributed by atoms with E-state index in [0.29, 0.717) is 0 Å². The molecule has 12 aromatic rings. The molecule has 0 bridgehead atoms. The Balaban J connectivity index is 1.05. The summed E-state index contributed by atoms with van der Waals surface area (Å²) in [5.74, 6) is 0. The van der Waals surface area contributed by atoms with E-state index in [9.17, 15) is 0 Å². The number of fused-ring (bicyclic) bond motifs is 7. The van der Waals surface area contributed by atoms with E-state index in [0.717, 1.165) is 28.3 Å². The van der Waals surface area contributed by atoms with E-state index in [1.54, 1.807) is 0 Å². The van der Waals surface area contributed by atoms with Crippen LogP contribution in [0.25, 0.3) is 93.2 Å². The lowest BCUT2D eigenvalue weighted by Gasteiger charge is -2.29. The van der Waals surface area contributed by atoms with E-state index in [1.165, 1.54) is 81.9 Å². The first-order chi connectivity index (χ1) is 30.8. The average molecular weight is 789 g/mol. The van der Waals surface area contributed by atoms with Crippen molar-refractivity contribution < 1.29 is 0 Å². The second-order valence-corrected chi connectivity index (χ2v) is 16.1. The zero-order valence-corrected chi connectivity index (χ0v) is 34.0. The van der Waals surface area contributed by atoms with Crippen LogP contribution in [0.2, 0.25) is 0 Å². The van der Waals surface area contributed by atoms with E-state index < -0.39 is 0 Å². The number of anilines is 3. The van der Waals surface area contributed by atoms with Gasteiger partial charge in [-0.25, -0.2) is 0 Å². The molecule has 0 fully saturated rings. The second-order valence-electron chi connectivity index (χ2n) is 16.1. The molecule has 12 rings (SSSR count). The molecule has 2 heteroatoms. The highest BCUT2D eigenvalue weighted by atomic mass is 15.1. The van der Waals surface area contributed by atoms with E-state index >= 15 is 0 Å². The van der Waals surface area contributed by atoms with Gasteiger partial charge in [-0.15, -0.1) is 0 Å². The molecule has 0 radical (unpaired) electrons. The van der Waals surface area contributed by atoms with Crippen molar-refractivity contribution in [2.75, 3.05) is 4.90 Å². The third-order valence-electron chi connectivity index (χ3n) is 12.6. The van der Waals surface area contributed by atoms with Crippen LogP contribution in [-0.4, -0.2) is 4.57 Å². The monoisotopic (exact) mass is 788 g/mol. The van der Waals surface area contributed by atoms with Crippen LogP contribution in [-0.2, 0) is 0 Å². The molecular formula is C60H40N2. The van der Waals surface area contributed by atoms with Gasteiger partial charge < -0.3 is 9.47 Å². The number of rotatable bonds is 7. The minimum atomic E-state index is 1.08. The summed E-state index contributed by atoms with van der Waals surface area (Å²) in [6.45, 7) is 0. The zero-order chi connectivity index (χ0) is 41.0. The molecule has 2 nitrogen and oxygen atoms in total. The summed E-state index contributed by atoms with van der Waals surface area (Å²) in [5, 5.41) is 10.0. The maximum absolute atomic E-state index is 2.44. The lowest BCUT2D eigenvalue weighted by molar-refractivity contribution is 1.17. The molecule has 1 aromatic heterocycles. The van der Waals surface area contributed by atoms with Gasteiger partial charge >= 0.3 is 0 Å². The zero-order valence-electron chi connectivity index (χ0n) is 34.0. The fourth-order valence-electron chi connectivity index (χ4n) is 9.72. The minimum Gasteiger partial charge on any atom is -0.310 e. The van der Waals surface area contributed by atoms with Gasteiger partial charge in [-0.2, -0.15) is 0 Å². The SMILES string of the molecule is c1ccc(-c2cccc3cccc(-c4ccccc4N(c4ccc(-n5c6ccccc6c6ccccc65)cc4)c4cccc(-c5ccc6c(ccc7ccccc76)c5)c4)c23)cc1. The normalized spacial score (nSPS) is 11.5. The maximum atomic E-state index is 2.44. The maximum Gasteiger partial charge on any atom is 0.0541 e. The van der Waals surface area contributed by atoms with Crippen molar-refractivity contribution in [3.8, 4) is 39.1 Å². The first kappa shape index (κ1) is 35.7. The van der Waals surface area contributed by atoms with Gasteiger partial charge in [0.15, 0.2) is 0 Å². The molecule has 0 N–H and O–H groups in total. The number of para-hydroxylation sites is 3. The van der Waals surface area contributed by atoms with Crippen molar-refractivity contribution in [1.82, 2.24) is 4.57 Å². The van der Waals surface area contributed by atoms with Gasteiger partial charge in [0, 0.05) is 33.4 Å². The van der Waals surface area contributed by atoms with Crippen molar-refractivity contribution in [3.05, 3.63) is 243 Å². The molecular weight excluding hydrogens is 749 g/mol. The molecule has 11 aromatic carbocycles. The van der Waals surface area contributed by atoms with Crippen LogP contribution in [0.3, 0.4) is 0 Å². The Bertz CT molecular complexity index is 3580. The number of aromatic nitrogens is 1. The van der Waals surface area contributed by atoms with Crippen LogP contribution in [0, 0.1) is 0 Å². The lowest BCUT2D eigenvalue weighted by atomic mass is 9.90. The highest BCUT2D eigenvalue weighted by Crippen LogP contribution is 2.46. The number of hydrogen-bond donors (Lipinski definition) is 0. The molecule has 0 amide bonds. The van der Waals surface area contributed by atoms with Crippen LogP contribution in [0.15, 0.2) is 243 Å². The Kier molecular flexibility index (Phi) is 8.53. The van der Waals surface area contributed by atoms with E-state index in [-0.39, 0.29) is 0 Å². The van der Waals surface area contributed by atoms with Gasteiger partial charge in [-0.3, -0.25) is 0 Å². The first-order valence-electron chi connectivity index (χ1n) is 21.3. The quantitative estimate of drug-likeness (QED) is 0.146. The van der Waals surface area contributed by atoms with Crippen LogP contribution in [0.5, 0.6) is 0 Å². The predicted octanol–water partition coefficient (Wildman–Crippen LogP) is 16.7. The molecule has 0 unspecified atom stereocenters. The molecule has 62 heavy (non-hydrogen) atoms. The summed E-state index contributed by atoms with van der Waals surface area (Å²) in [6, 6.07) is 88.6. The molecule has 290 valence electrons. The Morgan fingerprint density at radius 2 is 0.855 bits per heavy atom. The summed E-state index contributed by atoms with van der Waals surface area (Å²) < 4.78 is 2.39. The van der Waals surface area contributed by atoms with Crippen molar-refractivity contribution in [2.45, 2.75) is 0 Å². The molecule has 0 saturated carbocycles. The fraction of sp³-hybridized carbons (Fsp3) is 0. The molecule has 0 aliphatic rings. The largest absolute Gasteiger partial charge is 0.310 e. The van der Waals surface area contributed by atoms with Gasteiger partial charge in [-0.1, -0.05) is 182 Å². The summed E-state index contributed by atoms with van der Waals surface area (Å²) in [5.41, 5.74) is 13.9. The van der Waals surface area contributed by atoms with Crippen molar-refractivity contribution in [3.63, 3.8) is 0 Å². The topological polar surface area (TPSA) is 8.17 Å². The van der Waals surface area contributed by atoms with Crippen molar-refractivity contribution in [1.29, 1.82) is 0 Å². The van der Waals surface area contributed by atoms with Crippen LogP contribution >= 0.6 is 0 Å². The lowest BCUT2D eigenvalue weighted by Crippen LogP contribution is -2.11. The number of hydrogen-bond acceptors (Lipinski definition) is 1. The van der Waals surface area contributed by atoms with Crippen LogP contribution in [0.1, 0.15) is 0 Å². The second kappa shape index (κ2) is 14.8. The third-order valence-corrected chi connectivity index (χ3v) is 12.6. The van der Waals surface area contributed by atoms with Gasteiger partial charge in [0.05, 0.1) is 16.7 Å². The summed E-state index contributed by atoms with van der Waals surface area (Å²) in [6.07, 6.45) is 0. The van der Waals surface area contributed by atoms with Crippen LogP contribution < -0.4 is 4.90 Å². The highest BCUT2D eigenvalue weighted by Gasteiger charge is 2.21. The van der Waals surface area contributed by atoms with E-state index in [4.69, 9.17) is 0 Å². The molecule has 1 heterocycles. The number of benzene rings is 11. The molecule has 0 atom stereocenters. The van der Waals surface area contributed by atoms with Gasteiger partial charge in [-0.05, 0) is 121 Å². The first-order valence-corrected chi connectivity index (χ1v) is 21.3. The number of nitrogens with zero attached hydrogens (tertiary/aromatic N) is 2. The van der Waals surface area contributed by atoms with Gasteiger partial charge in [0.2, 0.25) is 0 Å². The Morgan fingerprint density at radius 3 is 1.65 bits per heavy atom. The Morgan fingerprint density at radius 1 is 0.290 bits per heavy atom. The van der Waals surface area contributed by atoms with Crippen molar-refractivity contribution in [2.24, 2.45) is 0 Å². The van der Waals surface area contributed by atoms with Crippen molar-refractivity contribution >= 4 is 71.2 Å². The Hall–Kier alpha value is -8.20. The summed E-state index contributed by atoms with van der Waals surface area (Å²) >= 11 is 0. The Labute approximate surface area is 360 Å². The molecule has 0 saturated heterocycles. The minimum absolute atomic E-state index is 1.08. The molecule has 0 aliphatic carbocycles. The summed E-state index contributed by atoms with van der Waals surface area (Å²) in [4.78, 5) is 2.44. The highest BCUT2D eigenvalue weighted by molar-refractivity contribution is 6.11. The smallest absolute Gasteiger partial charge is 0.0541 e. The summed E-state index contributed by atoms with van der Waals surface area (Å²) in [7, 11) is 0. The fourth-order valence-corrected chi connectivity index (χ4v) is 9.72. The average Bonchev–Trinajstić information content (AvgIpc) is 3.68. The molecule has 0 aliphatic heterocycles. The van der Waals surface area contributed by atoms with E-state index in [2.05, 4.69) is 252 Å². The van der Waals surface area contributed by atoms with Gasteiger partial charge in [0.25, 0.3) is 0 Å².